The summed E-state index contributed by atoms with van der Waals surface area (Å²) < 4.78 is 42.6. The van der Waals surface area contributed by atoms with Crippen LogP contribution in [0.25, 0.3) is 0 Å². The van der Waals surface area contributed by atoms with E-state index in [1.807, 2.05) is 0 Å². The minimum Gasteiger partial charge on any atom is -0.399 e. The van der Waals surface area contributed by atoms with Crippen LogP contribution < -0.4 is 5.73 Å². The molecule has 1 aliphatic heterocycles. The van der Waals surface area contributed by atoms with Crippen molar-refractivity contribution in [2.75, 3.05) is 24.7 Å². The van der Waals surface area contributed by atoms with E-state index in [0.29, 0.717) is 13.2 Å². The van der Waals surface area contributed by atoms with Crippen LogP contribution in [0.1, 0.15) is 12.8 Å². The summed E-state index contributed by atoms with van der Waals surface area (Å²) >= 11 is 0. The lowest BCUT2D eigenvalue weighted by Gasteiger charge is -2.21. The zero-order valence-electron chi connectivity index (χ0n) is 9.93. The Hall–Kier alpha value is -1.14. The quantitative estimate of drug-likeness (QED) is 0.849. The van der Waals surface area contributed by atoms with Gasteiger partial charge in [0.15, 0.2) is 9.84 Å². The highest BCUT2D eigenvalue weighted by atomic mass is 32.2. The zero-order valence-corrected chi connectivity index (χ0v) is 10.7. The van der Waals surface area contributed by atoms with Crippen LogP contribution in [0.4, 0.5) is 10.1 Å². The molecule has 0 amide bonds. The smallest absolute Gasteiger partial charge is 0.178 e. The summed E-state index contributed by atoms with van der Waals surface area (Å²) in [6.45, 7) is 1.18. The number of sulfone groups is 1. The first-order valence-corrected chi connectivity index (χ1v) is 7.49. The fraction of sp³-hybridized carbons (Fsp3) is 0.500. The van der Waals surface area contributed by atoms with Gasteiger partial charge in [-0.1, -0.05) is 0 Å². The number of nitrogen functional groups attached to an aromatic ring is 1. The van der Waals surface area contributed by atoms with E-state index in [1.165, 1.54) is 6.07 Å². The standard InChI is InChI=1S/C12H16FNO3S/c13-10-5-11(14)7-12(6-10)18(15,16)8-9-1-3-17-4-2-9/h5-7,9H,1-4,8,14H2. The third kappa shape index (κ3) is 3.20. The fourth-order valence-electron chi connectivity index (χ4n) is 2.08. The maximum atomic E-state index is 13.2. The molecular formula is C12H16FNO3S. The molecule has 0 atom stereocenters. The summed E-state index contributed by atoms with van der Waals surface area (Å²) in [5, 5.41) is 0. The van der Waals surface area contributed by atoms with Gasteiger partial charge in [0.1, 0.15) is 5.82 Å². The van der Waals surface area contributed by atoms with Crippen molar-refractivity contribution in [3.63, 3.8) is 0 Å². The van der Waals surface area contributed by atoms with Gasteiger partial charge in [-0.2, -0.15) is 0 Å². The van der Waals surface area contributed by atoms with Crippen LogP contribution in [0.2, 0.25) is 0 Å². The van der Waals surface area contributed by atoms with E-state index in [9.17, 15) is 12.8 Å². The van der Waals surface area contributed by atoms with Gasteiger partial charge in [-0.3, -0.25) is 0 Å². The van der Waals surface area contributed by atoms with E-state index in [2.05, 4.69) is 0 Å². The van der Waals surface area contributed by atoms with Crippen molar-refractivity contribution in [2.24, 2.45) is 5.92 Å². The highest BCUT2D eigenvalue weighted by molar-refractivity contribution is 7.91. The molecule has 2 rings (SSSR count). The second kappa shape index (κ2) is 5.24. The highest BCUT2D eigenvalue weighted by Gasteiger charge is 2.23. The van der Waals surface area contributed by atoms with E-state index in [0.717, 1.165) is 25.0 Å². The van der Waals surface area contributed by atoms with Gasteiger partial charge >= 0.3 is 0 Å². The number of ether oxygens (including phenoxy) is 1. The molecule has 100 valence electrons. The normalized spacial score (nSPS) is 17.8. The summed E-state index contributed by atoms with van der Waals surface area (Å²) in [5.41, 5.74) is 5.59. The molecule has 0 radical (unpaired) electrons. The lowest BCUT2D eigenvalue weighted by atomic mass is 10.0. The van der Waals surface area contributed by atoms with Gasteiger partial charge in [0.2, 0.25) is 0 Å². The number of hydrogen-bond donors (Lipinski definition) is 1. The summed E-state index contributed by atoms with van der Waals surface area (Å²) in [4.78, 5) is -0.0357. The monoisotopic (exact) mass is 273 g/mol. The van der Waals surface area contributed by atoms with Crippen LogP contribution in [0, 0.1) is 11.7 Å². The molecule has 0 spiro atoms. The molecule has 1 aromatic carbocycles. The topological polar surface area (TPSA) is 69.4 Å². The number of hydrogen-bond acceptors (Lipinski definition) is 4. The molecule has 1 aliphatic rings. The van der Waals surface area contributed by atoms with E-state index >= 15 is 0 Å². The summed E-state index contributed by atoms with van der Waals surface area (Å²) in [6, 6.07) is 3.43. The van der Waals surface area contributed by atoms with E-state index < -0.39 is 15.7 Å². The Bertz CT molecular complexity index is 504. The first-order chi connectivity index (χ1) is 8.47. The Labute approximate surface area is 106 Å². The van der Waals surface area contributed by atoms with E-state index in [-0.39, 0.29) is 22.3 Å². The Morgan fingerprint density at radius 2 is 1.94 bits per heavy atom. The number of rotatable bonds is 3. The predicted molar refractivity (Wildman–Crippen MR) is 66.4 cm³/mol. The number of halogens is 1. The molecule has 0 aliphatic carbocycles. The molecule has 18 heavy (non-hydrogen) atoms. The van der Waals surface area contributed by atoms with E-state index in [1.54, 1.807) is 0 Å². The van der Waals surface area contributed by atoms with Crippen molar-refractivity contribution in [3.8, 4) is 0 Å². The van der Waals surface area contributed by atoms with Crippen LogP contribution in [0.3, 0.4) is 0 Å². The molecule has 1 fully saturated rings. The van der Waals surface area contributed by atoms with Crippen molar-refractivity contribution in [1.82, 2.24) is 0 Å². The van der Waals surface area contributed by atoms with Gasteiger partial charge in [-0.05, 0) is 37.0 Å². The fourth-order valence-corrected chi connectivity index (χ4v) is 3.84. The van der Waals surface area contributed by atoms with Crippen molar-refractivity contribution in [3.05, 3.63) is 24.0 Å². The Morgan fingerprint density at radius 3 is 2.56 bits per heavy atom. The minimum atomic E-state index is -3.48. The van der Waals surface area contributed by atoms with Crippen LogP contribution in [-0.2, 0) is 14.6 Å². The van der Waals surface area contributed by atoms with Crippen molar-refractivity contribution in [1.29, 1.82) is 0 Å². The van der Waals surface area contributed by atoms with Gasteiger partial charge in [-0.25, -0.2) is 12.8 Å². The molecule has 1 saturated heterocycles. The van der Waals surface area contributed by atoms with Gasteiger partial charge < -0.3 is 10.5 Å². The molecule has 1 heterocycles. The van der Waals surface area contributed by atoms with Crippen molar-refractivity contribution in [2.45, 2.75) is 17.7 Å². The van der Waals surface area contributed by atoms with E-state index in [4.69, 9.17) is 10.5 Å². The van der Waals surface area contributed by atoms with Crippen molar-refractivity contribution >= 4 is 15.5 Å². The molecule has 6 heteroatoms. The van der Waals surface area contributed by atoms with Gasteiger partial charge in [0.05, 0.1) is 10.6 Å². The second-order valence-corrected chi connectivity index (χ2v) is 6.59. The maximum Gasteiger partial charge on any atom is 0.178 e. The van der Waals surface area contributed by atoms with Gasteiger partial charge in [-0.15, -0.1) is 0 Å². The van der Waals surface area contributed by atoms with Crippen molar-refractivity contribution < 1.29 is 17.5 Å². The summed E-state index contributed by atoms with van der Waals surface area (Å²) in [6.07, 6.45) is 1.45. The molecular weight excluding hydrogens is 257 g/mol. The molecule has 0 bridgehead atoms. The molecule has 2 N–H and O–H groups in total. The number of benzene rings is 1. The summed E-state index contributed by atoms with van der Waals surface area (Å²) in [5.74, 6) is -0.520. The maximum absolute atomic E-state index is 13.2. The van der Waals surface area contributed by atoms with Crippen LogP contribution in [0.5, 0.6) is 0 Å². The zero-order chi connectivity index (χ0) is 13.2. The average Bonchev–Trinajstić information content (AvgIpc) is 2.28. The van der Waals surface area contributed by atoms with Gasteiger partial charge in [0.25, 0.3) is 0 Å². The predicted octanol–water partition coefficient (Wildman–Crippen LogP) is 1.61. The first kappa shape index (κ1) is 13.3. The average molecular weight is 273 g/mol. The minimum absolute atomic E-state index is 0.0270. The lowest BCUT2D eigenvalue weighted by Crippen LogP contribution is -2.23. The SMILES string of the molecule is Nc1cc(F)cc(S(=O)(=O)CC2CCOCC2)c1. The number of nitrogens with two attached hydrogens (primary N) is 1. The van der Waals surface area contributed by atoms with Crippen LogP contribution in [-0.4, -0.2) is 27.4 Å². The first-order valence-electron chi connectivity index (χ1n) is 5.84. The third-order valence-electron chi connectivity index (χ3n) is 3.05. The Kier molecular flexibility index (Phi) is 3.87. The molecule has 4 nitrogen and oxygen atoms in total. The van der Waals surface area contributed by atoms with Crippen LogP contribution >= 0.6 is 0 Å². The summed E-state index contributed by atoms with van der Waals surface area (Å²) in [7, 11) is -3.48. The van der Waals surface area contributed by atoms with Gasteiger partial charge in [0, 0.05) is 18.9 Å². The Balaban J connectivity index is 2.19. The highest BCUT2D eigenvalue weighted by Crippen LogP contribution is 2.23. The largest absolute Gasteiger partial charge is 0.399 e. The number of anilines is 1. The molecule has 0 unspecified atom stereocenters. The molecule has 1 aromatic rings. The Morgan fingerprint density at radius 1 is 1.28 bits per heavy atom. The van der Waals surface area contributed by atoms with Crippen LogP contribution in [0.15, 0.2) is 23.1 Å². The third-order valence-corrected chi connectivity index (χ3v) is 4.91. The second-order valence-electron chi connectivity index (χ2n) is 4.56. The lowest BCUT2D eigenvalue weighted by molar-refractivity contribution is 0.0723. The molecule has 0 saturated carbocycles. The molecule has 0 aromatic heterocycles.